The Bertz CT molecular complexity index is 689. The highest BCUT2D eigenvalue weighted by Gasteiger charge is 2.26. The van der Waals surface area contributed by atoms with E-state index in [4.69, 9.17) is 0 Å². The minimum atomic E-state index is -0.823. The van der Waals surface area contributed by atoms with E-state index in [1.807, 2.05) is 43.1 Å². The van der Waals surface area contributed by atoms with Gasteiger partial charge in [-0.3, -0.25) is 4.90 Å². The number of benzene rings is 1. The molecular formula is C21H32FN5. The van der Waals surface area contributed by atoms with Gasteiger partial charge in [0.25, 0.3) is 0 Å². The molecule has 0 amide bonds. The maximum atomic E-state index is 14.7. The molecule has 0 bridgehead atoms. The zero-order valence-electron chi connectivity index (χ0n) is 17.4. The Kier molecular flexibility index (Phi) is 7.78. The maximum absolute atomic E-state index is 14.7. The van der Waals surface area contributed by atoms with E-state index in [1.54, 1.807) is 6.92 Å². The molecule has 0 aliphatic rings. The molecule has 2 aromatic rings. The standard InChI is InChI=1S/C21H32FN5/c1-7-14(2)15(3)16(4)20(22)13-27(6)12-18-8-10-19(11-9-18)21-25-23-17(5)24-26-21/h8-11,14-16,20H,7,12-13H2,1-6H3/t14-,15-,16+,20+/m1/s1/i22-1. The average Bonchev–Trinajstić information content (AvgIpc) is 2.67. The van der Waals surface area contributed by atoms with Crippen LogP contribution in [0.15, 0.2) is 24.3 Å². The van der Waals surface area contributed by atoms with Crippen molar-refractivity contribution in [1.29, 1.82) is 0 Å². The predicted molar refractivity (Wildman–Crippen MR) is 107 cm³/mol. The van der Waals surface area contributed by atoms with Gasteiger partial charge in [-0.1, -0.05) is 58.4 Å². The SMILES string of the molecule is CC[C@@H](C)[C@@H](C)[C@H](C)[C@@H]([18F])CN(C)Cc1ccc(-c2nnc(C)nn2)cc1. The van der Waals surface area contributed by atoms with Gasteiger partial charge in [-0.25, -0.2) is 4.39 Å². The summed E-state index contributed by atoms with van der Waals surface area (Å²) in [6.45, 7) is 11.5. The monoisotopic (exact) mass is 372 g/mol. The molecule has 5 nitrogen and oxygen atoms in total. The summed E-state index contributed by atoms with van der Waals surface area (Å²) in [6, 6.07) is 7.95. The summed E-state index contributed by atoms with van der Waals surface area (Å²) in [4.78, 5) is 2.05. The molecule has 0 radical (unpaired) electrons. The third kappa shape index (κ3) is 6.03. The van der Waals surface area contributed by atoms with E-state index in [2.05, 4.69) is 41.2 Å². The van der Waals surface area contributed by atoms with Crippen LogP contribution in [0.2, 0.25) is 0 Å². The van der Waals surface area contributed by atoms with Crippen molar-refractivity contribution in [2.24, 2.45) is 17.8 Å². The zero-order chi connectivity index (χ0) is 20.0. The number of aryl methyl sites for hydroxylation is 1. The quantitative estimate of drug-likeness (QED) is 0.656. The molecule has 0 saturated heterocycles. The smallest absolute Gasteiger partial charge is 0.203 e. The molecule has 1 aromatic carbocycles. The average molecular weight is 373 g/mol. The van der Waals surface area contributed by atoms with Gasteiger partial charge < -0.3 is 0 Å². The van der Waals surface area contributed by atoms with Gasteiger partial charge in [0.05, 0.1) is 0 Å². The molecule has 0 fully saturated rings. The number of hydrogen-bond acceptors (Lipinski definition) is 5. The van der Waals surface area contributed by atoms with Crippen LogP contribution >= 0.6 is 0 Å². The first kappa shape index (κ1) is 21.4. The van der Waals surface area contributed by atoms with Crippen LogP contribution in [0.4, 0.5) is 4.39 Å². The van der Waals surface area contributed by atoms with E-state index >= 15 is 0 Å². The summed E-state index contributed by atoms with van der Waals surface area (Å²) in [5.74, 6) is 2.05. The summed E-state index contributed by atoms with van der Waals surface area (Å²) >= 11 is 0. The Balaban J connectivity index is 1.91. The van der Waals surface area contributed by atoms with Gasteiger partial charge in [0, 0.05) is 18.7 Å². The minimum absolute atomic E-state index is 0.0588. The number of alkyl halides is 1. The van der Waals surface area contributed by atoms with E-state index < -0.39 is 6.17 Å². The molecule has 148 valence electrons. The van der Waals surface area contributed by atoms with Crippen LogP contribution in [0.5, 0.6) is 0 Å². The van der Waals surface area contributed by atoms with Crippen molar-refractivity contribution >= 4 is 0 Å². The molecule has 2 rings (SSSR count). The lowest BCUT2D eigenvalue weighted by Gasteiger charge is -2.30. The first-order chi connectivity index (χ1) is 12.8. The van der Waals surface area contributed by atoms with Crippen LogP contribution in [0.1, 0.15) is 45.5 Å². The number of halogens is 1. The van der Waals surface area contributed by atoms with E-state index in [1.165, 1.54) is 0 Å². The lowest BCUT2D eigenvalue weighted by Crippen LogP contribution is -2.34. The van der Waals surface area contributed by atoms with E-state index in [-0.39, 0.29) is 5.92 Å². The molecule has 4 atom stereocenters. The third-order valence-electron chi connectivity index (χ3n) is 5.67. The fraction of sp³-hybridized carbons (Fsp3) is 0.619. The lowest BCUT2D eigenvalue weighted by atomic mass is 9.81. The summed E-state index contributed by atoms with van der Waals surface area (Å²) in [7, 11) is 1.97. The zero-order valence-corrected chi connectivity index (χ0v) is 17.4. The molecule has 1 heterocycles. The first-order valence-electron chi connectivity index (χ1n) is 9.77. The van der Waals surface area contributed by atoms with Gasteiger partial charge >= 0.3 is 0 Å². The summed E-state index contributed by atoms with van der Waals surface area (Å²) in [5.41, 5.74) is 2.00. The van der Waals surface area contributed by atoms with Crippen LogP contribution < -0.4 is 0 Å². The molecule has 0 aliphatic heterocycles. The Hall–Kier alpha value is -1.95. The van der Waals surface area contributed by atoms with Crippen molar-refractivity contribution in [3.05, 3.63) is 35.7 Å². The fourth-order valence-corrected chi connectivity index (χ4v) is 3.21. The molecule has 0 aliphatic carbocycles. The highest BCUT2D eigenvalue weighted by Crippen LogP contribution is 2.27. The topological polar surface area (TPSA) is 54.8 Å². The van der Waals surface area contributed by atoms with Crippen LogP contribution in [-0.2, 0) is 6.54 Å². The van der Waals surface area contributed by atoms with Gasteiger partial charge in [0.15, 0.2) is 5.82 Å². The second-order valence-corrected chi connectivity index (χ2v) is 7.78. The second-order valence-electron chi connectivity index (χ2n) is 7.78. The number of rotatable bonds is 9. The van der Waals surface area contributed by atoms with Crippen molar-refractivity contribution in [3.63, 3.8) is 0 Å². The Morgan fingerprint density at radius 1 is 0.963 bits per heavy atom. The Labute approximate surface area is 162 Å². The van der Waals surface area contributed by atoms with E-state index in [0.29, 0.717) is 36.6 Å². The molecule has 27 heavy (non-hydrogen) atoms. The van der Waals surface area contributed by atoms with Gasteiger partial charge in [-0.15, -0.1) is 20.4 Å². The highest BCUT2D eigenvalue weighted by atomic mass is 18.2. The molecule has 0 saturated carbocycles. The van der Waals surface area contributed by atoms with Crippen LogP contribution in [0.25, 0.3) is 11.4 Å². The van der Waals surface area contributed by atoms with Crippen molar-refractivity contribution in [2.45, 2.75) is 53.8 Å². The fourth-order valence-electron chi connectivity index (χ4n) is 3.21. The molecule has 1 aromatic heterocycles. The molecule has 0 spiro atoms. The van der Waals surface area contributed by atoms with Gasteiger partial charge in [0.2, 0.25) is 5.82 Å². The molecule has 0 N–H and O–H groups in total. The van der Waals surface area contributed by atoms with Crippen molar-refractivity contribution in [3.8, 4) is 11.4 Å². The summed E-state index contributed by atoms with van der Waals surface area (Å²) < 4.78 is 14.7. The highest BCUT2D eigenvalue weighted by molar-refractivity contribution is 5.54. The van der Waals surface area contributed by atoms with Crippen LogP contribution in [0, 0.1) is 24.7 Å². The maximum Gasteiger partial charge on any atom is 0.203 e. The van der Waals surface area contributed by atoms with Crippen LogP contribution in [0.3, 0.4) is 0 Å². The second kappa shape index (κ2) is 9.83. The molecule has 0 unspecified atom stereocenters. The minimum Gasteiger partial charge on any atom is -0.299 e. The predicted octanol–water partition coefficient (Wildman–Crippen LogP) is 4.33. The van der Waals surface area contributed by atoms with Gasteiger partial charge in [-0.05, 0) is 37.3 Å². The number of aromatic nitrogens is 4. The van der Waals surface area contributed by atoms with Gasteiger partial charge in [-0.2, -0.15) is 0 Å². The van der Waals surface area contributed by atoms with Crippen LogP contribution in [-0.4, -0.2) is 45.1 Å². The summed E-state index contributed by atoms with van der Waals surface area (Å²) in [5, 5.41) is 16.0. The normalized spacial score (nSPS) is 16.1. The van der Waals surface area contributed by atoms with Crippen molar-refractivity contribution < 1.29 is 4.39 Å². The Morgan fingerprint density at radius 2 is 1.56 bits per heavy atom. The van der Waals surface area contributed by atoms with Crippen molar-refractivity contribution in [2.75, 3.05) is 13.6 Å². The van der Waals surface area contributed by atoms with E-state index in [9.17, 15) is 4.39 Å². The Morgan fingerprint density at radius 3 is 2.11 bits per heavy atom. The number of nitrogens with zero attached hydrogens (tertiary/aromatic N) is 5. The largest absolute Gasteiger partial charge is 0.299 e. The first-order valence-corrected chi connectivity index (χ1v) is 9.77. The summed E-state index contributed by atoms with van der Waals surface area (Å²) in [6.07, 6.45) is 0.271. The van der Waals surface area contributed by atoms with Crippen molar-refractivity contribution in [1.82, 2.24) is 25.3 Å². The molecule has 6 heteroatoms. The number of hydrogen-bond donors (Lipinski definition) is 0. The van der Waals surface area contributed by atoms with E-state index in [0.717, 1.165) is 17.5 Å². The van der Waals surface area contributed by atoms with Gasteiger partial charge in [0.1, 0.15) is 6.17 Å². The third-order valence-corrected chi connectivity index (χ3v) is 5.67. The molecular weight excluding hydrogens is 340 g/mol. The lowest BCUT2D eigenvalue weighted by molar-refractivity contribution is 0.112.